The van der Waals surface area contributed by atoms with Crippen molar-refractivity contribution in [3.05, 3.63) is 0 Å². The average molecular weight is 506 g/mol. The van der Waals surface area contributed by atoms with Crippen LogP contribution in [0, 0.1) is 0 Å². The zero-order valence-electron chi connectivity index (χ0n) is 13.3. The quantitative estimate of drug-likeness (QED) is 0.373. The van der Waals surface area contributed by atoms with Crippen molar-refractivity contribution < 1.29 is 83.4 Å². The van der Waals surface area contributed by atoms with Crippen molar-refractivity contribution in [1.82, 2.24) is 0 Å². The molecule has 0 nitrogen and oxygen atoms in total. The van der Waals surface area contributed by atoms with E-state index in [0.29, 0.717) is 0 Å². The molecule has 31 heavy (non-hydrogen) atoms. The van der Waals surface area contributed by atoms with E-state index in [4.69, 9.17) is 0 Å². The van der Waals surface area contributed by atoms with Crippen LogP contribution in [-0.2, 0) is 0 Å². The van der Waals surface area contributed by atoms with Crippen LogP contribution in [0.1, 0.15) is 0 Å². The molecule has 4 aliphatic carbocycles. The third-order valence-electron chi connectivity index (χ3n) is 6.07. The van der Waals surface area contributed by atoms with Gasteiger partial charge in [-0.15, -0.1) is 0 Å². The Hall–Kier alpha value is -1.33. The van der Waals surface area contributed by atoms with Crippen LogP contribution in [-0.4, -0.2) is 70.3 Å². The van der Waals surface area contributed by atoms with E-state index in [9.17, 15) is 83.4 Å². The SMILES string of the molecule is FC1C2(F)C(F)(F)C3(F)C(F)(F)C1(F)C(F)(C(F)(F)F)C(F)(C2(F)F)C3(F)C(F)(F)F. The number of rotatable bonds is 0. The van der Waals surface area contributed by atoms with Crippen molar-refractivity contribution in [2.45, 2.75) is 70.3 Å². The van der Waals surface area contributed by atoms with Gasteiger partial charge in [0.1, 0.15) is 0 Å². The molecule has 0 spiro atoms. The molecule has 7 atom stereocenters. The van der Waals surface area contributed by atoms with E-state index in [1.807, 2.05) is 0 Å². The molecule has 4 aliphatic rings. The summed E-state index contributed by atoms with van der Waals surface area (Å²) >= 11 is 0. The van der Waals surface area contributed by atoms with Crippen molar-refractivity contribution in [2.24, 2.45) is 0 Å². The van der Waals surface area contributed by atoms with Crippen LogP contribution in [0.25, 0.3) is 0 Å². The second-order valence-corrected chi connectivity index (χ2v) is 7.14. The van der Waals surface area contributed by atoms with Crippen molar-refractivity contribution in [3.8, 4) is 0 Å². The Morgan fingerprint density at radius 3 is 1.03 bits per heavy atom. The fourth-order valence-electron chi connectivity index (χ4n) is 4.67. The summed E-state index contributed by atoms with van der Waals surface area (Å²) in [6.45, 7) is 0. The largest absolute Gasteiger partial charge is 0.429 e. The highest BCUT2D eigenvalue weighted by molar-refractivity contribution is 5.57. The lowest BCUT2D eigenvalue weighted by molar-refractivity contribution is -0.588. The van der Waals surface area contributed by atoms with Crippen LogP contribution in [0.15, 0.2) is 0 Å². The lowest BCUT2D eigenvalue weighted by atomic mass is 9.35. The predicted molar refractivity (Wildman–Crippen MR) is 54.9 cm³/mol. The minimum Gasteiger partial charge on any atom is -0.239 e. The van der Waals surface area contributed by atoms with E-state index >= 15 is 0 Å². The second kappa shape index (κ2) is 4.79. The smallest absolute Gasteiger partial charge is 0.239 e. The molecule has 7 unspecified atom stereocenters. The van der Waals surface area contributed by atoms with Crippen molar-refractivity contribution in [2.75, 3.05) is 0 Å². The molecular formula is C12HF19. The topological polar surface area (TPSA) is 0 Å². The van der Waals surface area contributed by atoms with E-state index < -0.39 is 70.3 Å². The predicted octanol–water partition coefficient (Wildman–Crippen LogP) is 5.65. The second-order valence-electron chi connectivity index (χ2n) is 7.14. The number of hydrogen-bond donors (Lipinski definition) is 0. The molecule has 19 heteroatoms. The first kappa shape index (κ1) is 24.3. The van der Waals surface area contributed by atoms with Crippen molar-refractivity contribution >= 4 is 0 Å². The molecule has 0 amide bonds. The van der Waals surface area contributed by atoms with Crippen molar-refractivity contribution in [1.29, 1.82) is 0 Å². The Labute approximate surface area is 155 Å². The first-order valence-electron chi connectivity index (χ1n) is 7.20. The van der Waals surface area contributed by atoms with Crippen LogP contribution in [0.4, 0.5) is 83.4 Å². The van der Waals surface area contributed by atoms with Gasteiger partial charge in [0.25, 0.3) is 34.0 Å². The van der Waals surface area contributed by atoms with Crippen LogP contribution >= 0.6 is 0 Å². The van der Waals surface area contributed by atoms with Gasteiger partial charge in [-0.1, -0.05) is 0 Å². The summed E-state index contributed by atoms with van der Waals surface area (Å²) < 4.78 is 265. The molecule has 0 aromatic heterocycles. The van der Waals surface area contributed by atoms with Gasteiger partial charge in [-0.25, -0.2) is 30.7 Å². The Balaban J connectivity index is 2.80. The summed E-state index contributed by atoms with van der Waals surface area (Å²) in [5.41, 5.74) is -49.7. The Kier molecular flexibility index (Phi) is 3.76. The maximum absolute atomic E-state index is 14.9. The van der Waals surface area contributed by atoms with Gasteiger partial charge in [-0.2, -0.15) is 52.7 Å². The molecule has 0 aromatic carbocycles. The highest BCUT2D eigenvalue weighted by Gasteiger charge is 3.22. The molecule has 0 radical (unpaired) electrons. The number of alkyl halides is 19. The maximum atomic E-state index is 14.9. The number of halogens is 19. The molecule has 4 rings (SSSR count). The average Bonchev–Trinajstić information content (AvgIpc) is 2.57. The summed E-state index contributed by atoms with van der Waals surface area (Å²) in [6, 6.07) is 0. The van der Waals surface area contributed by atoms with Gasteiger partial charge >= 0.3 is 30.1 Å². The summed E-state index contributed by atoms with van der Waals surface area (Å²) in [5, 5.41) is 0. The van der Waals surface area contributed by atoms with E-state index in [1.54, 1.807) is 0 Å². The molecule has 0 heterocycles. The Bertz CT molecular complexity index is 840. The first-order valence-corrected chi connectivity index (χ1v) is 7.20. The summed E-state index contributed by atoms with van der Waals surface area (Å²) in [4.78, 5) is 0. The van der Waals surface area contributed by atoms with Gasteiger partial charge < -0.3 is 0 Å². The standard InChI is InChI=1S/C12HF19/c13-1-2(14)4(16,11(26,27)28)5(17)6(18,12(29,30)31)7(19,8(2,20)21)10(24,25)3(1,15)9(5,22)23/h1H. The van der Waals surface area contributed by atoms with Crippen LogP contribution in [0.5, 0.6) is 0 Å². The zero-order valence-corrected chi connectivity index (χ0v) is 13.3. The van der Waals surface area contributed by atoms with Gasteiger partial charge in [-0.05, 0) is 0 Å². The van der Waals surface area contributed by atoms with E-state index in [2.05, 4.69) is 0 Å². The highest BCUT2D eigenvalue weighted by Crippen LogP contribution is 2.88. The monoisotopic (exact) mass is 506 g/mol. The highest BCUT2D eigenvalue weighted by atomic mass is 19.4. The van der Waals surface area contributed by atoms with Crippen LogP contribution < -0.4 is 0 Å². The van der Waals surface area contributed by atoms with Gasteiger partial charge in [0.05, 0.1) is 0 Å². The third kappa shape index (κ3) is 1.45. The summed E-state index contributed by atoms with van der Waals surface area (Å²) in [5.74, 6) is -24.7. The van der Waals surface area contributed by atoms with Gasteiger partial charge in [0, 0.05) is 0 Å². The molecule has 0 aromatic rings. The lowest BCUT2D eigenvalue weighted by Crippen LogP contribution is -3.10. The van der Waals surface area contributed by atoms with Gasteiger partial charge in [0.2, 0.25) is 0 Å². The summed E-state index contributed by atoms with van der Waals surface area (Å²) in [7, 11) is 0. The molecule has 4 bridgehead atoms. The van der Waals surface area contributed by atoms with Gasteiger partial charge in [-0.3, -0.25) is 0 Å². The Morgan fingerprint density at radius 2 is 0.710 bits per heavy atom. The number of hydrogen-bond acceptors (Lipinski definition) is 0. The maximum Gasteiger partial charge on any atom is 0.429 e. The molecular weight excluding hydrogens is 505 g/mol. The van der Waals surface area contributed by atoms with E-state index in [0.717, 1.165) is 0 Å². The van der Waals surface area contributed by atoms with E-state index in [1.165, 1.54) is 0 Å². The first-order chi connectivity index (χ1) is 13.2. The van der Waals surface area contributed by atoms with Crippen LogP contribution in [0.2, 0.25) is 0 Å². The normalized spacial score (nSPS) is 54.9. The lowest BCUT2D eigenvalue weighted by Gasteiger charge is -2.75. The fraction of sp³-hybridized carbons (Fsp3) is 1.00. The molecule has 4 saturated carbocycles. The molecule has 0 N–H and O–H groups in total. The molecule has 0 saturated heterocycles. The zero-order chi connectivity index (χ0) is 25.1. The summed E-state index contributed by atoms with van der Waals surface area (Å²) in [6.07, 6.45) is -23.2. The van der Waals surface area contributed by atoms with Gasteiger partial charge in [0.15, 0.2) is 6.17 Å². The van der Waals surface area contributed by atoms with E-state index in [-0.39, 0.29) is 0 Å². The third-order valence-corrected chi connectivity index (χ3v) is 6.07. The molecule has 4 fully saturated rings. The Morgan fingerprint density at radius 1 is 0.419 bits per heavy atom. The van der Waals surface area contributed by atoms with Crippen LogP contribution in [0.3, 0.4) is 0 Å². The van der Waals surface area contributed by atoms with Crippen molar-refractivity contribution in [3.63, 3.8) is 0 Å². The minimum atomic E-state index is -8.68. The fourth-order valence-corrected chi connectivity index (χ4v) is 4.67. The molecule has 0 aliphatic heterocycles. The minimum absolute atomic E-state index is 6.56. The molecule has 182 valence electrons.